The van der Waals surface area contributed by atoms with Crippen LogP contribution in [0.3, 0.4) is 0 Å². The van der Waals surface area contributed by atoms with E-state index in [9.17, 15) is 9.90 Å². The molecule has 6 heteroatoms. The lowest BCUT2D eigenvalue weighted by atomic mass is 9.66. The Balaban J connectivity index is 1.42. The molecule has 186 valence electrons. The fourth-order valence-electron chi connectivity index (χ4n) is 6.09. The molecule has 1 N–H and O–H groups in total. The normalized spacial score (nSPS) is 25.5. The van der Waals surface area contributed by atoms with Crippen LogP contribution in [0.1, 0.15) is 63.1 Å². The zero-order chi connectivity index (χ0) is 24.4. The number of hydrogen-bond donors (Lipinski definition) is 1. The minimum absolute atomic E-state index is 0.0203. The van der Waals surface area contributed by atoms with Gasteiger partial charge in [-0.15, -0.1) is 0 Å². The Labute approximate surface area is 208 Å². The number of aliphatic hydroxyl groups is 1. The molecule has 1 aliphatic carbocycles. The van der Waals surface area contributed by atoms with Crippen LogP contribution >= 0.6 is 0 Å². The Morgan fingerprint density at radius 1 is 1.09 bits per heavy atom. The molecule has 0 bridgehead atoms. The summed E-state index contributed by atoms with van der Waals surface area (Å²) in [6.45, 7) is 7.02. The first-order valence-electron chi connectivity index (χ1n) is 13.0. The third-order valence-electron chi connectivity index (χ3n) is 8.03. The van der Waals surface area contributed by atoms with Gasteiger partial charge in [-0.1, -0.05) is 31.0 Å². The molecule has 1 saturated heterocycles. The number of ether oxygens (including phenoxy) is 2. The van der Waals surface area contributed by atoms with Crippen molar-refractivity contribution in [3.63, 3.8) is 0 Å². The van der Waals surface area contributed by atoms with Gasteiger partial charge in [0.2, 0.25) is 12.7 Å². The van der Waals surface area contributed by atoms with Crippen LogP contribution in [0.4, 0.5) is 5.69 Å². The molecule has 1 saturated carbocycles. The van der Waals surface area contributed by atoms with Crippen LogP contribution in [0.25, 0.3) is 6.08 Å². The Morgan fingerprint density at radius 2 is 1.86 bits per heavy atom. The lowest BCUT2D eigenvalue weighted by molar-refractivity contribution is -0.150. The van der Waals surface area contributed by atoms with Gasteiger partial charge in [0.05, 0.1) is 11.6 Å². The molecule has 35 heavy (non-hydrogen) atoms. The molecule has 0 radical (unpaired) electrons. The zero-order valence-corrected chi connectivity index (χ0v) is 20.8. The molecule has 2 heterocycles. The Kier molecular flexibility index (Phi) is 6.74. The summed E-state index contributed by atoms with van der Waals surface area (Å²) in [5.41, 5.74) is 2.50. The van der Waals surface area contributed by atoms with Crippen molar-refractivity contribution >= 4 is 17.7 Å². The molecular weight excluding hydrogens is 440 g/mol. The predicted molar refractivity (Wildman–Crippen MR) is 138 cm³/mol. The summed E-state index contributed by atoms with van der Waals surface area (Å²) in [5, 5.41) is 11.5. The van der Waals surface area contributed by atoms with Crippen LogP contribution in [0.15, 0.2) is 48.5 Å². The number of likely N-dealkylation sites (tertiary alicyclic amines) is 1. The van der Waals surface area contributed by atoms with Crippen molar-refractivity contribution < 1.29 is 19.4 Å². The van der Waals surface area contributed by atoms with Gasteiger partial charge in [0.15, 0.2) is 11.5 Å². The van der Waals surface area contributed by atoms with Crippen LogP contribution in [0.2, 0.25) is 0 Å². The van der Waals surface area contributed by atoms with Crippen molar-refractivity contribution in [2.45, 2.75) is 57.6 Å². The molecule has 2 aromatic rings. The molecule has 0 spiro atoms. The van der Waals surface area contributed by atoms with E-state index in [4.69, 9.17) is 9.47 Å². The average molecular weight is 477 g/mol. The Bertz CT molecular complexity index is 1080. The average Bonchev–Trinajstić information content (AvgIpc) is 3.35. The number of nitrogens with zero attached hydrogens (tertiary/aromatic N) is 2. The second-order valence-corrected chi connectivity index (χ2v) is 9.89. The standard InChI is InChI=1S/C29H36N2O4/c1-3-30(4-2)23-12-10-22(11-13-23)28-24-7-5-6-16-29(24,33)17-18-31(28)27(32)15-9-21-8-14-25-26(19-21)35-20-34-25/h8-15,19,24,28,33H,3-7,16-18,20H2,1-2H3/b15-9+/t24-,28+,29+/m0/s1. The van der Waals surface area contributed by atoms with Gasteiger partial charge in [0.1, 0.15) is 0 Å². The van der Waals surface area contributed by atoms with Gasteiger partial charge < -0.3 is 24.4 Å². The van der Waals surface area contributed by atoms with E-state index in [2.05, 4.69) is 43.0 Å². The van der Waals surface area contributed by atoms with Crippen molar-refractivity contribution in [2.24, 2.45) is 5.92 Å². The summed E-state index contributed by atoms with van der Waals surface area (Å²) in [5.74, 6) is 1.46. The van der Waals surface area contributed by atoms with E-state index in [-0.39, 0.29) is 24.7 Å². The Morgan fingerprint density at radius 3 is 2.63 bits per heavy atom. The number of carbonyl (C=O) groups is 1. The first-order valence-corrected chi connectivity index (χ1v) is 13.0. The molecular formula is C29H36N2O4. The van der Waals surface area contributed by atoms with Gasteiger partial charge in [-0.3, -0.25) is 4.79 Å². The summed E-state index contributed by atoms with van der Waals surface area (Å²) in [4.78, 5) is 17.8. The molecule has 3 aliphatic rings. The van der Waals surface area contributed by atoms with Crippen molar-refractivity contribution in [1.29, 1.82) is 0 Å². The number of piperidine rings is 1. The fraction of sp³-hybridized carbons (Fsp3) is 0.483. The molecule has 2 fully saturated rings. The largest absolute Gasteiger partial charge is 0.454 e. The number of hydrogen-bond acceptors (Lipinski definition) is 5. The van der Waals surface area contributed by atoms with Gasteiger partial charge in [-0.05, 0) is 74.6 Å². The number of rotatable bonds is 6. The van der Waals surface area contributed by atoms with E-state index >= 15 is 0 Å². The van der Waals surface area contributed by atoms with E-state index < -0.39 is 5.60 Å². The van der Waals surface area contributed by atoms with Crippen molar-refractivity contribution in [1.82, 2.24) is 4.90 Å². The molecule has 0 aromatic heterocycles. The van der Waals surface area contributed by atoms with Crippen LogP contribution < -0.4 is 14.4 Å². The first kappa shape index (κ1) is 23.7. The maximum Gasteiger partial charge on any atom is 0.247 e. The maximum absolute atomic E-state index is 13.5. The van der Waals surface area contributed by atoms with Gasteiger partial charge >= 0.3 is 0 Å². The highest BCUT2D eigenvalue weighted by Crippen LogP contribution is 2.49. The van der Waals surface area contributed by atoms with Crippen LogP contribution in [0.5, 0.6) is 11.5 Å². The number of benzene rings is 2. The molecule has 1 amide bonds. The van der Waals surface area contributed by atoms with E-state index in [1.165, 1.54) is 5.69 Å². The lowest BCUT2D eigenvalue weighted by Gasteiger charge is -2.52. The maximum atomic E-state index is 13.5. The monoisotopic (exact) mass is 476 g/mol. The second-order valence-electron chi connectivity index (χ2n) is 9.89. The second kappa shape index (κ2) is 9.94. The summed E-state index contributed by atoms with van der Waals surface area (Å²) in [6, 6.07) is 14.2. The van der Waals surface area contributed by atoms with E-state index in [0.717, 1.165) is 55.6 Å². The minimum Gasteiger partial charge on any atom is -0.454 e. The van der Waals surface area contributed by atoms with Gasteiger partial charge in [-0.25, -0.2) is 0 Å². The first-order chi connectivity index (χ1) is 17.0. The number of carbonyl (C=O) groups excluding carboxylic acids is 1. The predicted octanol–water partition coefficient (Wildman–Crippen LogP) is 5.17. The topological polar surface area (TPSA) is 62.2 Å². The molecule has 6 nitrogen and oxygen atoms in total. The highest BCUT2D eigenvalue weighted by molar-refractivity contribution is 5.92. The molecule has 2 aromatic carbocycles. The highest BCUT2D eigenvalue weighted by atomic mass is 16.7. The molecule has 0 unspecified atom stereocenters. The van der Waals surface area contributed by atoms with Crippen LogP contribution in [-0.2, 0) is 4.79 Å². The smallest absolute Gasteiger partial charge is 0.247 e. The van der Waals surface area contributed by atoms with Gasteiger partial charge in [0.25, 0.3) is 0 Å². The third-order valence-corrected chi connectivity index (χ3v) is 8.03. The lowest BCUT2D eigenvalue weighted by Crippen LogP contribution is -2.56. The fourth-order valence-corrected chi connectivity index (χ4v) is 6.09. The number of fused-ring (bicyclic) bond motifs is 2. The Hall–Kier alpha value is -2.99. The van der Waals surface area contributed by atoms with Crippen molar-refractivity contribution in [3.8, 4) is 11.5 Å². The zero-order valence-electron chi connectivity index (χ0n) is 20.8. The summed E-state index contributed by atoms with van der Waals surface area (Å²) in [6.07, 6.45) is 8.04. The number of anilines is 1. The van der Waals surface area contributed by atoms with E-state index in [0.29, 0.717) is 18.7 Å². The summed E-state index contributed by atoms with van der Waals surface area (Å²) in [7, 11) is 0. The van der Waals surface area contributed by atoms with E-state index in [1.807, 2.05) is 29.2 Å². The summed E-state index contributed by atoms with van der Waals surface area (Å²) >= 11 is 0. The van der Waals surface area contributed by atoms with E-state index in [1.54, 1.807) is 6.08 Å². The highest BCUT2D eigenvalue weighted by Gasteiger charge is 2.49. The number of amides is 1. The van der Waals surface area contributed by atoms with Crippen LogP contribution in [0, 0.1) is 5.92 Å². The van der Waals surface area contributed by atoms with Gasteiger partial charge in [-0.2, -0.15) is 0 Å². The van der Waals surface area contributed by atoms with Crippen molar-refractivity contribution in [2.75, 3.05) is 31.3 Å². The minimum atomic E-state index is -0.696. The quantitative estimate of drug-likeness (QED) is 0.583. The molecule has 3 atom stereocenters. The third kappa shape index (κ3) is 4.64. The van der Waals surface area contributed by atoms with Gasteiger partial charge in [0, 0.05) is 37.3 Å². The molecule has 5 rings (SSSR count). The van der Waals surface area contributed by atoms with Crippen LogP contribution in [-0.4, -0.2) is 47.9 Å². The molecule has 2 aliphatic heterocycles. The summed E-state index contributed by atoms with van der Waals surface area (Å²) < 4.78 is 10.9. The SMILES string of the molecule is CCN(CC)c1ccc([C@@H]2[C@@H]3CCCC[C@@]3(O)CCN2C(=O)/C=C/c2ccc3c(c2)OCO3)cc1. The van der Waals surface area contributed by atoms with Crippen molar-refractivity contribution in [3.05, 3.63) is 59.7 Å².